The maximum absolute atomic E-state index is 5.74. The molecule has 0 saturated heterocycles. The molecule has 12 heavy (non-hydrogen) atoms. The lowest BCUT2D eigenvalue weighted by Crippen LogP contribution is -2.03. The van der Waals surface area contributed by atoms with E-state index in [9.17, 15) is 0 Å². The van der Waals surface area contributed by atoms with Crippen molar-refractivity contribution in [3.05, 3.63) is 10.2 Å². The number of aryl methyl sites for hydroxylation is 2. The van der Waals surface area contributed by atoms with E-state index in [1.165, 1.54) is 0 Å². The molecule has 1 rings (SSSR count). The van der Waals surface area contributed by atoms with Gasteiger partial charge in [-0.25, -0.2) is 4.68 Å². The summed E-state index contributed by atoms with van der Waals surface area (Å²) in [6, 6.07) is 0. The predicted octanol–water partition coefficient (Wildman–Crippen LogP) is 2.52. The van der Waals surface area contributed by atoms with E-state index in [0.717, 1.165) is 29.0 Å². The van der Waals surface area contributed by atoms with Gasteiger partial charge in [0.15, 0.2) is 0 Å². The number of aromatic nitrogens is 2. The van der Waals surface area contributed by atoms with Crippen molar-refractivity contribution < 1.29 is 0 Å². The molecule has 0 unspecified atom stereocenters. The van der Waals surface area contributed by atoms with E-state index in [2.05, 4.69) is 28.0 Å². The van der Waals surface area contributed by atoms with Gasteiger partial charge in [-0.2, -0.15) is 5.10 Å². The molecular weight excluding hydrogens is 286 g/mol. The van der Waals surface area contributed by atoms with Crippen LogP contribution in [0.5, 0.6) is 0 Å². The van der Waals surface area contributed by atoms with E-state index in [0.29, 0.717) is 0 Å². The van der Waals surface area contributed by atoms with Crippen molar-refractivity contribution in [3.63, 3.8) is 0 Å². The summed E-state index contributed by atoms with van der Waals surface area (Å²) in [6.45, 7) is 4.93. The van der Waals surface area contributed by atoms with Gasteiger partial charge in [-0.3, -0.25) is 0 Å². The van der Waals surface area contributed by atoms with Crippen LogP contribution in [0, 0.1) is 6.92 Å². The number of halogens is 2. The van der Waals surface area contributed by atoms with Crippen LogP contribution in [0.15, 0.2) is 4.47 Å². The van der Waals surface area contributed by atoms with Crippen molar-refractivity contribution in [2.75, 3.05) is 5.73 Å². The Morgan fingerprint density at radius 2 is 2.17 bits per heavy atom. The molecule has 0 aliphatic carbocycles. The molecule has 1 aromatic heterocycles. The second-order valence-electron chi connectivity index (χ2n) is 2.51. The highest BCUT2D eigenvalue weighted by atomic mass is 79.9. The highest BCUT2D eigenvalue weighted by molar-refractivity contribution is 9.10. The van der Waals surface area contributed by atoms with Gasteiger partial charge in [0.2, 0.25) is 0 Å². The van der Waals surface area contributed by atoms with Crippen LogP contribution in [0.4, 0.5) is 5.82 Å². The third-order valence-corrected chi connectivity index (χ3v) is 2.51. The molecule has 0 fully saturated rings. The molecule has 5 heteroatoms. The Labute approximate surface area is 91.2 Å². The summed E-state index contributed by atoms with van der Waals surface area (Å²) in [5.41, 5.74) is 6.70. The van der Waals surface area contributed by atoms with Crippen LogP contribution >= 0.6 is 32.9 Å². The Bertz CT molecular complexity index is 257. The third kappa shape index (κ3) is 2.23. The predicted molar refractivity (Wildman–Crippen MR) is 59.7 cm³/mol. The lowest BCUT2D eigenvalue weighted by atomic mass is 10.4. The fraction of sp³-hybridized carbons (Fsp3) is 0.571. The van der Waals surface area contributed by atoms with Crippen molar-refractivity contribution in [3.8, 4) is 0 Å². The number of nitrogens with two attached hydrogens (primary N) is 1. The number of hydrogen-bond donors (Lipinski definition) is 1. The third-order valence-electron chi connectivity index (χ3n) is 1.53. The van der Waals surface area contributed by atoms with Gasteiger partial charge in [0.25, 0.3) is 0 Å². The first kappa shape index (κ1) is 12.0. The first-order valence-corrected chi connectivity index (χ1v) is 4.44. The standard InChI is InChI=1S/C7H12BrN3.BrH/c1-3-4-11-7(9)6(8)5(2)10-11;/h3-4,9H2,1-2H3;1H. The largest absolute Gasteiger partial charge is 0.383 e. The highest BCUT2D eigenvalue weighted by Gasteiger charge is 2.07. The molecule has 0 aliphatic heterocycles. The van der Waals surface area contributed by atoms with Crippen LogP contribution in [-0.4, -0.2) is 9.78 Å². The maximum Gasteiger partial charge on any atom is 0.136 e. The van der Waals surface area contributed by atoms with Crippen LogP contribution in [0.2, 0.25) is 0 Å². The normalized spacial score (nSPS) is 9.58. The van der Waals surface area contributed by atoms with E-state index < -0.39 is 0 Å². The number of nitrogens with zero attached hydrogens (tertiary/aromatic N) is 2. The van der Waals surface area contributed by atoms with Crippen LogP contribution < -0.4 is 5.73 Å². The molecular formula is C7H13Br2N3. The molecule has 0 saturated carbocycles. The monoisotopic (exact) mass is 297 g/mol. The topological polar surface area (TPSA) is 43.8 Å². The molecule has 2 N–H and O–H groups in total. The zero-order chi connectivity index (χ0) is 8.43. The van der Waals surface area contributed by atoms with Gasteiger partial charge < -0.3 is 5.73 Å². The number of anilines is 1. The van der Waals surface area contributed by atoms with E-state index in [-0.39, 0.29) is 17.0 Å². The highest BCUT2D eigenvalue weighted by Crippen LogP contribution is 2.22. The minimum atomic E-state index is 0. The second kappa shape index (κ2) is 4.87. The Kier molecular flexibility index (Phi) is 4.85. The summed E-state index contributed by atoms with van der Waals surface area (Å²) in [7, 11) is 0. The lowest BCUT2D eigenvalue weighted by Gasteiger charge is -1.99. The van der Waals surface area contributed by atoms with Crippen molar-refractivity contribution >= 4 is 38.7 Å². The van der Waals surface area contributed by atoms with Gasteiger partial charge in [-0.05, 0) is 29.3 Å². The van der Waals surface area contributed by atoms with Crippen LogP contribution in [0.3, 0.4) is 0 Å². The molecule has 0 aromatic carbocycles. The maximum atomic E-state index is 5.74. The molecule has 0 radical (unpaired) electrons. The van der Waals surface area contributed by atoms with Crippen molar-refractivity contribution in [1.82, 2.24) is 9.78 Å². The molecule has 1 heterocycles. The Morgan fingerprint density at radius 3 is 2.50 bits per heavy atom. The Morgan fingerprint density at radius 1 is 1.58 bits per heavy atom. The summed E-state index contributed by atoms with van der Waals surface area (Å²) in [6.07, 6.45) is 1.05. The SMILES string of the molecule is Br.CCCn1nc(C)c(Br)c1N. The molecule has 1 aromatic rings. The molecule has 70 valence electrons. The first-order chi connectivity index (χ1) is 5.16. The van der Waals surface area contributed by atoms with E-state index in [4.69, 9.17) is 5.73 Å². The minimum absolute atomic E-state index is 0. The number of hydrogen-bond acceptors (Lipinski definition) is 2. The lowest BCUT2D eigenvalue weighted by molar-refractivity contribution is 0.606. The zero-order valence-electron chi connectivity index (χ0n) is 7.17. The fourth-order valence-electron chi connectivity index (χ4n) is 0.960. The first-order valence-electron chi connectivity index (χ1n) is 3.65. The average Bonchev–Trinajstić information content (AvgIpc) is 2.19. The summed E-state index contributed by atoms with van der Waals surface area (Å²) in [5.74, 6) is 0.726. The van der Waals surface area contributed by atoms with Crippen molar-refractivity contribution in [1.29, 1.82) is 0 Å². The smallest absolute Gasteiger partial charge is 0.136 e. The van der Waals surface area contributed by atoms with Gasteiger partial charge >= 0.3 is 0 Å². The zero-order valence-corrected chi connectivity index (χ0v) is 10.5. The summed E-state index contributed by atoms with van der Waals surface area (Å²) in [5, 5.41) is 4.24. The molecule has 3 nitrogen and oxygen atoms in total. The second-order valence-corrected chi connectivity index (χ2v) is 3.30. The molecule has 0 bridgehead atoms. The average molecular weight is 299 g/mol. The Balaban J connectivity index is 0.00000121. The quantitative estimate of drug-likeness (QED) is 0.912. The number of rotatable bonds is 2. The van der Waals surface area contributed by atoms with Gasteiger partial charge in [-0.1, -0.05) is 6.92 Å². The van der Waals surface area contributed by atoms with Gasteiger partial charge in [0.05, 0.1) is 10.2 Å². The van der Waals surface area contributed by atoms with E-state index in [1.54, 1.807) is 0 Å². The number of nitrogen functional groups attached to an aromatic ring is 1. The molecule has 0 spiro atoms. The van der Waals surface area contributed by atoms with Crippen molar-refractivity contribution in [2.45, 2.75) is 26.8 Å². The van der Waals surface area contributed by atoms with Gasteiger partial charge in [0, 0.05) is 6.54 Å². The summed E-state index contributed by atoms with van der Waals surface area (Å²) in [4.78, 5) is 0. The molecule has 0 aliphatic rings. The molecule has 0 amide bonds. The molecule has 0 atom stereocenters. The summed E-state index contributed by atoms with van der Waals surface area (Å²) < 4.78 is 2.74. The van der Waals surface area contributed by atoms with Crippen molar-refractivity contribution in [2.24, 2.45) is 0 Å². The van der Waals surface area contributed by atoms with E-state index >= 15 is 0 Å². The van der Waals surface area contributed by atoms with Gasteiger partial charge in [-0.15, -0.1) is 17.0 Å². The van der Waals surface area contributed by atoms with Crippen LogP contribution in [-0.2, 0) is 6.54 Å². The van der Waals surface area contributed by atoms with Crippen LogP contribution in [0.1, 0.15) is 19.0 Å². The fourth-order valence-corrected chi connectivity index (χ4v) is 1.24. The summed E-state index contributed by atoms with van der Waals surface area (Å²) >= 11 is 3.36. The van der Waals surface area contributed by atoms with Gasteiger partial charge in [0.1, 0.15) is 5.82 Å². The van der Waals surface area contributed by atoms with Crippen LogP contribution in [0.25, 0.3) is 0 Å². The Hall–Kier alpha value is -0.0300. The minimum Gasteiger partial charge on any atom is -0.383 e. The van der Waals surface area contributed by atoms with E-state index in [1.807, 2.05) is 11.6 Å².